The summed E-state index contributed by atoms with van der Waals surface area (Å²) in [5.74, 6) is -0.746. The Morgan fingerprint density at radius 1 is 1.04 bits per heavy atom. The van der Waals surface area contributed by atoms with Crippen LogP contribution in [-0.4, -0.2) is 40.5 Å². The molecule has 3 aliphatic heterocycles. The second-order valence-corrected chi connectivity index (χ2v) is 8.02. The summed E-state index contributed by atoms with van der Waals surface area (Å²) >= 11 is 6.12. The van der Waals surface area contributed by atoms with Gasteiger partial charge in [-0.25, -0.2) is 14.9 Å². The summed E-state index contributed by atoms with van der Waals surface area (Å²) in [6.45, 7) is 3.58. The highest BCUT2D eigenvalue weighted by Crippen LogP contribution is 2.54. The lowest BCUT2D eigenvalue weighted by molar-refractivity contribution is -0.131. The first-order chi connectivity index (χ1) is 13.0. The molecule has 3 saturated heterocycles. The molecule has 6 heteroatoms. The fourth-order valence-corrected chi connectivity index (χ4v) is 5.20. The van der Waals surface area contributed by atoms with E-state index in [0.29, 0.717) is 10.7 Å². The Bertz CT molecular complexity index is 934. The van der Waals surface area contributed by atoms with E-state index in [4.69, 9.17) is 11.6 Å². The number of fused-ring (bicyclic) bond motifs is 3. The zero-order valence-corrected chi connectivity index (χ0v) is 15.8. The molecule has 0 radical (unpaired) electrons. The zero-order chi connectivity index (χ0) is 18.8. The van der Waals surface area contributed by atoms with Crippen LogP contribution in [0, 0.1) is 5.92 Å². The number of hydrazine groups is 1. The van der Waals surface area contributed by atoms with E-state index in [1.165, 1.54) is 4.90 Å². The van der Waals surface area contributed by atoms with Crippen LogP contribution in [-0.2, 0) is 9.59 Å². The highest BCUT2D eigenvalue weighted by molar-refractivity contribution is 6.31. The Morgan fingerprint density at radius 2 is 1.81 bits per heavy atom. The Balaban J connectivity index is 1.65. The predicted octanol–water partition coefficient (Wildman–Crippen LogP) is 3.27. The Kier molecular flexibility index (Phi) is 3.69. The van der Waals surface area contributed by atoms with Crippen molar-refractivity contribution < 1.29 is 9.59 Å². The first-order valence-electron chi connectivity index (χ1n) is 9.26. The Hall–Kier alpha value is -2.21. The fraction of sp³-hybridized carbons (Fsp3) is 0.333. The summed E-state index contributed by atoms with van der Waals surface area (Å²) in [4.78, 5) is 28.4. The highest BCUT2D eigenvalue weighted by Gasteiger charge is 2.70. The number of benzene rings is 2. The van der Waals surface area contributed by atoms with Crippen molar-refractivity contribution in [3.8, 4) is 0 Å². The highest BCUT2D eigenvalue weighted by atomic mass is 35.5. The topological polar surface area (TPSA) is 43.9 Å². The lowest BCUT2D eigenvalue weighted by atomic mass is 9.81. The van der Waals surface area contributed by atoms with Gasteiger partial charge in [0.25, 0.3) is 5.91 Å². The number of nitrogens with zero attached hydrogens (tertiary/aromatic N) is 3. The van der Waals surface area contributed by atoms with Gasteiger partial charge < -0.3 is 0 Å². The van der Waals surface area contributed by atoms with Gasteiger partial charge in [-0.05, 0) is 37.1 Å². The molecule has 0 saturated carbocycles. The molecule has 0 aliphatic carbocycles. The minimum atomic E-state index is -0.865. The molecule has 0 unspecified atom stereocenters. The second kappa shape index (κ2) is 5.89. The van der Waals surface area contributed by atoms with Crippen molar-refractivity contribution in [2.45, 2.75) is 24.9 Å². The summed E-state index contributed by atoms with van der Waals surface area (Å²) in [6, 6.07) is 16.9. The van der Waals surface area contributed by atoms with Crippen molar-refractivity contribution in [3.63, 3.8) is 0 Å². The van der Waals surface area contributed by atoms with Crippen molar-refractivity contribution in [3.05, 3.63) is 65.2 Å². The molecule has 138 valence electrons. The minimum Gasteiger partial charge on any atom is -0.274 e. The van der Waals surface area contributed by atoms with Gasteiger partial charge in [0.1, 0.15) is 5.54 Å². The molecule has 3 fully saturated rings. The molecular weight excluding hydrogens is 362 g/mol. The van der Waals surface area contributed by atoms with E-state index in [1.807, 2.05) is 37.3 Å². The number of carbonyl (C=O) groups excluding carboxylic acids is 2. The maximum Gasteiger partial charge on any atom is 0.256 e. The van der Waals surface area contributed by atoms with Crippen molar-refractivity contribution >= 4 is 29.1 Å². The molecule has 2 aromatic rings. The van der Waals surface area contributed by atoms with Gasteiger partial charge in [0, 0.05) is 18.1 Å². The van der Waals surface area contributed by atoms with Crippen molar-refractivity contribution in [2.24, 2.45) is 5.92 Å². The number of anilines is 1. The molecular formula is C21H20ClN3O2. The molecule has 3 heterocycles. The van der Waals surface area contributed by atoms with E-state index in [1.54, 1.807) is 24.3 Å². The van der Waals surface area contributed by atoms with Gasteiger partial charge in [0.2, 0.25) is 5.91 Å². The van der Waals surface area contributed by atoms with Gasteiger partial charge >= 0.3 is 0 Å². The van der Waals surface area contributed by atoms with Crippen molar-refractivity contribution in [2.75, 3.05) is 18.0 Å². The van der Waals surface area contributed by atoms with E-state index < -0.39 is 11.5 Å². The normalized spacial score (nSPS) is 30.8. The van der Waals surface area contributed by atoms with Crippen LogP contribution < -0.4 is 4.90 Å². The number of rotatable bonds is 2. The lowest BCUT2D eigenvalue weighted by Gasteiger charge is -2.33. The van der Waals surface area contributed by atoms with Crippen LogP contribution in [0.4, 0.5) is 5.69 Å². The average Bonchev–Trinajstić information content (AvgIpc) is 3.28. The number of amides is 2. The maximum atomic E-state index is 13.5. The van der Waals surface area contributed by atoms with Gasteiger partial charge in [-0.1, -0.05) is 48.0 Å². The quantitative estimate of drug-likeness (QED) is 0.749. The number of imide groups is 1. The molecule has 0 N–H and O–H groups in total. The molecule has 5 rings (SSSR count). The number of hydrogen-bond acceptors (Lipinski definition) is 4. The summed E-state index contributed by atoms with van der Waals surface area (Å²) in [5.41, 5.74) is 0.758. The molecule has 3 aliphatic rings. The average molecular weight is 382 g/mol. The smallest absolute Gasteiger partial charge is 0.256 e. The van der Waals surface area contributed by atoms with E-state index in [9.17, 15) is 9.59 Å². The van der Waals surface area contributed by atoms with Crippen LogP contribution in [0.15, 0.2) is 54.6 Å². The summed E-state index contributed by atoms with van der Waals surface area (Å²) in [7, 11) is 0. The largest absolute Gasteiger partial charge is 0.274 e. The third-order valence-corrected chi connectivity index (χ3v) is 6.41. The molecule has 3 atom stereocenters. The summed E-state index contributed by atoms with van der Waals surface area (Å²) < 4.78 is 0. The van der Waals surface area contributed by atoms with E-state index in [0.717, 1.165) is 25.1 Å². The maximum absolute atomic E-state index is 13.5. The van der Waals surface area contributed by atoms with Gasteiger partial charge in [0.05, 0.1) is 17.6 Å². The third-order valence-electron chi connectivity index (χ3n) is 6.18. The Labute approximate surface area is 163 Å². The minimum absolute atomic E-state index is 0.126. The SMILES string of the molecule is C[C@@]12C(=O)N(c3cccc(Cl)c3)C(=O)[C@H]1[C@H](c1ccccc1)N1CCCN12. The molecule has 2 amide bonds. The number of carbonyl (C=O) groups is 2. The van der Waals surface area contributed by atoms with Gasteiger partial charge in [-0.15, -0.1) is 0 Å². The molecule has 0 spiro atoms. The monoisotopic (exact) mass is 381 g/mol. The summed E-state index contributed by atoms with van der Waals surface area (Å²) in [5, 5.41) is 4.86. The van der Waals surface area contributed by atoms with Crippen LogP contribution in [0.3, 0.4) is 0 Å². The molecule has 5 nitrogen and oxygen atoms in total. The standard InChI is InChI=1S/C21H20ClN3O2/c1-21-17(19(26)25(20(21)27)16-10-5-9-15(22)13-16)18(14-7-3-2-4-8-14)23-11-6-12-24(21)23/h2-5,7-10,13,17-18H,6,11-12H2,1H3/t17-,18+,21+/m1/s1. The van der Waals surface area contributed by atoms with Gasteiger partial charge in [-0.2, -0.15) is 0 Å². The van der Waals surface area contributed by atoms with Crippen LogP contribution in [0.25, 0.3) is 0 Å². The fourth-order valence-electron chi connectivity index (χ4n) is 5.02. The van der Waals surface area contributed by atoms with Crippen molar-refractivity contribution in [1.82, 2.24) is 10.0 Å². The molecule has 0 bridgehead atoms. The van der Waals surface area contributed by atoms with E-state index in [2.05, 4.69) is 10.0 Å². The lowest BCUT2D eigenvalue weighted by Crippen LogP contribution is -2.52. The molecule has 2 aromatic carbocycles. The summed E-state index contributed by atoms with van der Waals surface area (Å²) in [6.07, 6.45) is 0.990. The van der Waals surface area contributed by atoms with Crippen LogP contribution in [0.2, 0.25) is 5.02 Å². The van der Waals surface area contributed by atoms with Crippen LogP contribution in [0.5, 0.6) is 0 Å². The van der Waals surface area contributed by atoms with Gasteiger partial charge in [0.15, 0.2) is 0 Å². The van der Waals surface area contributed by atoms with Gasteiger partial charge in [-0.3, -0.25) is 9.59 Å². The molecule has 27 heavy (non-hydrogen) atoms. The van der Waals surface area contributed by atoms with Crippen LogP contribution in [0.1, 0.15) is 24.9 Å². The van der Waals surface area contributed by atoms with Crippen LogP contribution >= 0.6 is 11.6 Å². The van der Waals surface area contributed by atoms with E-state index >= 15 is 0 Å². The molecule has 0 aromatic heterocycles. The van der Waals surface area contributed by atoms with E-state index in [-0.39, 0.29) is 17.9 Å². The number of hydrogen-bond donors (Lipinski definition) is 0. The second-order valence-electron chi connectivity index (χ2n) is 7.58. The number of halogens is 1. The third kappa shape index (κ3) is 2.19. The Morgan fingerprint density at radius 3 is 2.56 bits per heavy atom. The first-order valence-corrected chi connectivity index (χ1v) is 9.64. The first kappa shape index (κ1) is 16.9. The predicted molar refractivity (Wildman–Crippen MR) is 103 cm³/mol. The van der Waals surface area contributed by atoms with Crippen molar-refractivity contribution in [1.29, 1.82) is 0 Å². The zero-order valence-electron chi connectivity index (χ0n) is 15.0.